The van der Waals surface area contributed by atoms with Crippen molar-refractivity contribution in [2.24, 2.45) is 0 Å². The monoisotopic (exact) mass is 200 g/mol. The largest absolute Gasteiger partial charge is 0.377 e. The number of nitrogen functional groups attached to an aromatic ring is 1. The van der Waals surface area contributed by atoms with Crippen LogP contribution in [0.5, 0.6) is 0 Å². The van der Waals surface area contributed by atoms with Gasteiger partial charge in [0.05, 0.1) is 6.10 Å². The summed E-state index contributed by atoms with van der Waals surface area (Å²) in [5.74, 6) is 1.28. The molecule has 1 fully saturated rings. The fourth-order valence-corrected chi connectivity index (χ4v) is 2.14. The summed E-state index contributed by atoms with van der Waals surface area (Å²) in [5.41, 5.74) is 5.39. The third kappa shape index (κ3) is 2.35. The van der Waals surface area contributed by atoms with Gasteiger partial charge in [-0.1, -0.05) is 11.8 Å². The van der Waals surface area contributed by atoms with Crippen molar-refractivity contribution in [3.8, 4) is 0 Å². The molecule has 1 aliphatic rings. The molecule has 5 nitrogen and oxygen atoms in total. The van der Waals surface area contributed by atoms with Gasteiger partial charge >= 0.3 is 0 Å². The van der Waals surface area contributed by atoms with E-state index in [-0.39, 0.29) is 0 Å². The van der Waals surface area contributed by atoms with Gasteiger partial charge in [0.15, 0.2) is 0 Å². The van der Waals surface area contributed by atoms with Crippen LogP contribution in [0.15, 0.2) is 5.16 Å². The Kier molecular flexibility index (Phi) is 2.70. The molecule has 0 aromatic carbocycles. The SMILES string of the molecule is Nc1nc(SCC2CCCO2)n[nH]1. The van der Waals surface area contributed by atoms with E-state index in [2.05, 4.69) is 15.2 Å². The second-order valence-electron chi connectivity index (χ2n) is 2.95. The number of aromatic amines is 1. The number of anilines is 1. The Labute approximate surface area is 80.4 Å². The van der Waals surface area contributed by atoms with Gasteiger partial charge in [-0.3, -0.25) is 0 Å². The van der Waals surface area contributed by atoms with Crippen LogP contribution in [0.3, 0.4) is 0 Å². The molecule has 0 aliphatic carbocycles. The van der Waals surface area contributed by atoms with Crippen molar-refractivity contribution in [3.05, 3.63) is 0 Å². The van der Waals surface area contributed by atoms with Crippen molar-refractivity contribution in [1.82, 2.24) is 15.2 Å². The Morgan fingerprint density at radius 2 is 2.62 bits per heavy atom. The maximum atomic E-state index is 5.46. The Morgan fingerprint density at radius 3 is 3.23 bits per heavy atom. The molecule has 0 spiro atoms. The molecule has 1 aromatic heterocycles. The zero-order valence-corrected chi connectivity index (χ0v) is 8.01. The fourth-order valence-electron chi connectivity index (χ4n) is 1.27. The molecule has 2 heterocycles. The zero-order chi connectivity index (χ0) is 9.10. The lowest BCUT2D eigenvalue weighted by molar-refractivity contribution is 0.129. The molecule has 0 amide bonds. The fraction of sp³-hybridized carbons (Fsp3) is 0.714. The average molecular weight is 200 g/mol. The number of nitrogens with zero attached hydrogens (tertiary/aromatic N) is 2. The number of ether oxygens (including phenoxy) is 1. The minimum atomic E-state index is 0.365. The number of nitrogens with two attached hydrogens (primary N) is 1. The van der Waals surface area contributed by atoms with Gasteiger partial charge in [-0.05, 0) is 12.8 Å². The zero-order valence-electron chi connectivity index (χ0n) is 7.19. The highest BCUT2D eigenvalue weighted by atomic mass is 32.2. The van der Waals surface area contributed by atoms with E-state index in [4.69, 9.17) is 10.5 Å². The molecule has 0 bridgehead atoms. The standard InChI is InChI=1S/C7H12N4OS/c8-6-9-7(11-10-6)13-4-5-2-1-3-12-5/h5H,1-4H2,(H3,8,9,10,11). The summed E-state index contributed by atoms with van der Waals surface area (Å²) in [6.45, 7) is 0.890. The van der Waals surface area contributed by atoms with Gasteiger partial charge in [0, 0.05) is 12.4 Å². The molecule has 1 saturated heterocycles. The first kappa shape index (κ1) is 8.83. The van der Waals surface area contributed by atoms with Crippen LogP contribution >= 0.6 is 11.8 Å². The molecule has 72 valence electrons. The van der Waals surface area contributed by atoms with E-state index >= 15 is 0 Å². The molecule has 1 unspecified atom stereocenters. The Bertz CT molecular complexity index is 271. The minimum Gasteiger partial charge on any atom is -0.377 e. The third-order valence-electron chi connectivity index (χ3n) is 1.90. The first-order valence-corrected chi connectivity index (χ1v) is 5.25. The van der Waals surface area contributed by atoms with Gasteiger partial charge in [0.25, 0.3) is 0 Å². The number of hydrogen-bond acceptors (Lipinski definition) is 5. The molecule has 1 aliphatic heterocycles. The second-order valence-corrected chi connectivity index (χ2v) is 3.94. The summed E-state index contributed by atoms with van der Waals surface area (Å²) in [6.07, 6.45) is 2.68. The molecular weight excluding hydrogens is 188 g/mol. The van der Waals surface area contributed by atoms with Gasteiger partial charge in [-0.2, -0.15) is 4.98 Å². The van der Waals surface area contributed by atoms with Gasteiger partial charge in [-0.25, -0.2) is 5.10 Å². The van der Waals surface area contributed by atoms with Gasteiger partial charge < -0.3 is 10.5 Å². The van der Waals surface area contributed by atoms with Crippen LogP contribution in [-0.2, 0) is 4.74 Å². The molecule has 6 heteroatoms. The van der Waals surface area contributed by atoms with E-state index in [0.29, 0.717) is 17.2 Å². The first-order valence-electron chi connectivity index (χ1n) is 4.27. The summed E-state index contributed by atoms with van der Waals surface area (Å²) in [4.78, 5) is 3.99. The topological polar surface area (TPSA) is 76.8 Å². The van der Waals surface area contributed by atoms with Crippen LogP contribution < -0.4 is 5.73 Å². The van der Waals surface area contributed by atoms with E-state index in [1.165, 1.54) is 6.42 Å². The van der Waals surface area contributed by atoms with E-state index < -0.39 is 0 Å². The molecule has 2 rings (SSSR count). The Balaban J connectivity index is 1.78. The van der Waals surface area contributed by atoms with Crippen LogP contribution in [0, 0.1) is 0 Å². The van der Waals surface area contributed by atoms with Crippen molar-refractivity contribution < 1.29 is 4.74 Å². The number of nitrogens with one attached hydrogen (secondary N) is 1. The van der Waals surface area contributed by atoms with Crippen LogP contribution in [0.25, 0.3) is 0 Å². The third-order valence-corrected chi connectivity index (χ3v) is 2.88. The number of H-pyrrole nitrogens is 1. The second kappa shape index (κ2) is 3.97. The average Bonchev–Trinajstić information content (AvgIpc) is 2.71. The van der Waals surface area contributed by atoms with Crippen molar-refractivity contribution >= 4 is 17.7 Å². The predicted molar refractivity (Wildman–Crippen MR) is 50.5 cm³/mol. The number of rotatable bonds is 3. The summed E-state index contributed by atoms with van der Waals surface area (Å²) >= 11 is 1.58. The quantitative estimate of drug-likeness (QED) is 0.701. The lowest BCUT2D eigenvalue weighted by Gasteiger charge is -2.05. The van der Waals surface area contributed by atoms with E-state index in [9.17, 15) is 0 Å². The normalized spacial score (nSPS) is 22.3. The molecule has 0 radical (unpaired) electrons. The summed E-state index contributed by atoms with van der Waals surface area (Å²) < 4.78 is 5.46. The van der Waals surface area contributed by atoms with Gasteiger partial charge in [0.2, 0.25) is 11.1 Å². The number of thioether (sulfide) groups is 1. The van der Waals surface area contributed by atoms with Crippen molar-refractivity contribution in [2.75, 3.05) is 18.1 Å². The minimum absolute atomic E-state index is 0.365. The van der Waals surface area contributed by atoms with Crippen molar-refractivity contribution in [3.63, 3.8) is 0 Å². The van der Waals surface area contributed by atoms with Crippen LogP contribution in [0.2, 0.25) is 0 Å². The Hall–Kier alpha value is -0.750. The highest BCUT2D eigenvalue weighted by Crippen LogP contribution is 2.20. The van der Waals surface area contributed by atoms with Crippen molar-refractivity contribution in [1.29, 1.82) is 0 Å². The van der Waals surface area contributed by atoms with Crippen LogP contribution in [-0.4, -0.2) is 33.6 Å². The highest BCUT2D eigenvalue weighted by Gasteiger charge is 2.16. The molecule has 1 aromatic rings. The maximum absolute atomic E-state index is 5.46. The van der Waals surface area contributed by atoms with E-state index in [0.717, 1.165) is 18.8 Å². The lowest BCUT2D eigenvalue weighted by Crippen LogP contribution is -2.07. The maximum Gasteiger partial charge on any atom is 0.216 e. The lowest BCUT2D eigenvalue weighted by atomic mass is 10.3. The number of hydrogen-bond donors (Lipinski definition) is 2. The van der Waals surface area contributed by atoms with E-state index in [1.807, 2.05) is 0 Å². The van der Waals surface area contributed by atoms with Crippen molar-refractivity contribution in [2.45, 2.75) is 24.1 Å². The predicted octanol–water partition coefficient (Wildman–Crippen LogP) is 0.658. The Morgan fingerprint density at radius 1 is 1.69 bits per heavy atom. The summed E-state index contributed by atoms with van der Waals surface area (Å²) in [6, 6.07) is 0. The smallest absolute Gasteiger partial charge is 0.216 e. The summed E-state index contributed by atoms with van der Waals surface area (Å²) in [5, 5.41) is 7.22. The van der Waals surface area contributed by atoms with Crippen LogP contribution in [0.1, 0.15) is 12.8 Å². The molecule has 3 N–H and O–H groups in total. The molecular formula is C7H12N4OS. The number of aromatic nitrogens is 3. The van der Waals surface area contributed by atoms with Gasteiger partial charge in [-0.15, -0.1) is 5.10 Å². The first-order chi connectivity index (χ1) is 6.34. The summed E-state index contributed by atoms with van der Waals surface area (Å²) in [7, 11) is 0. The molecule has 1 atom stereocenters. The van der Waals surface area contributed by atoms with E-state index in [1.54, 1.807) is 11.8 Å². The molecule has 13 heavy (non-hydrogen) atoms. The highest BCUT2D eigenvalue weighted by molar-refractivity contribution is 7.99. The van der Waals surface area contributed by atoms with Crippen LogP contribution in [0.4, 0.5) is 5.95 Å². The molecule has 0 saturated carbocycles. The van der Waals surface area contributed by atoms with Gasteiger partial charge in [0.1, 0.15) is 0 Å².